The van der Waals surface area contributed by atoms with Gasteiger partial charge in [0.2, 0.25) is 0 Å². The highest BCUT2D eigenvalue weighted by molar-refractivity contribution is 9.10. The molecule has 0 aromatic heterocycles. The molecule has 0 unspecified atom stereocenters. The predicted octanol–water partition coefficient (Wildman–Crippen LogP) is 5.15. The Bertz CT molecular complexity index is 693. The van der Waals surface area contributed by atoms with Gasteiger partial charge in [0.1, 0.15) is 5.75 Å². The fraction of sp³-hybridized carbons (Fsp3) is 0.455. The molecule has 0 N–H and O–H groups in total. The van der Waals surface area contributed by atoms with Crippen LogP contribution in [0, 0.1) is 11.8 Å². The molecule has 2 aliphatic carbocycles. The Hall–Kier alpha value is -1.32. The van der Waals surface area contributed by atoms with Crippen LogP contribution in [0.5, 0.6) is 5.75 Å². The molecule has 0 bridgehead atoms. The van der Waals surface area contributed by atoms with E-state index in [1.165, 1.54) is 36.9 Å². The molecule has 0 spiro atoms. The molecule has 2 aromatic carbocycles. The molecule has 132 valence electrons. The van der Waals surface area contributed by atoms with Crippen LogP contribution in [-0.2, 0) is 6.42 Å². The molecule has 2 aromatic rings. The van der Waals surface area contributed by atoms with Gasteiger partial charge in [-0.1, -0.05) is 40.2 Å². The van der Waals surface area contributed by atoms with Crippen molar-refractivity contribution in [2.24, 2.45) is 11.8 Å². The summed E-state index contributed by atoms with van der Waals surface area (Å²) in [6, 6.07) is 18.0. The SMILES string of the molecule is CN(C[C@H]1C[C@@H]1COc1ccc(Cc2ccc(Br)cc2)cc1)C1CC1. The van der Waals surface area contributed by atoms with Gasteiger partial charge in [0, 0.05) is 17.1 Å². The molecule has 2 atom stereocenters. The first-order chi connectivity index (χ1) is 12.2. The molecule has 2 saturated carbocycles. The fourth-order valence-electron chi connectivity index (χ4n) is 3.52. The minimum atomic E-state index is 0.753. The molecular formula is C22H26BrNO. The Morgan fingerprint density at radius 3 is 2.24 bits per heavy atom. The van der Waals surface area contributed by atoms with Gasteiger partial charge in [-0.2, -0.15) is 0 Å². The van der Waals surface area contributed by atoms with Crippen molar-refractivity contribution in [2.75, 3.05) is 20.2 Å². The standard InChI is InChI=1S/C22H26BrNO/c1-24(21-8-9-21)14-18-13-19(18)15-25-22-10-4-17(5-11-22)12-16-2-6-20(23)7-3-16/h2-7,10-11,18-19,21H,8-9,12-15H2,1H3/t18-,19-/m1/s1. The summed E-state index contributed by atoms with van der Waals surface area (Å²) >= 11 is 3.48. The van der Waals surface area contributed by atoms with Crippen LogP contribution in [0.1, 0.15) is 30.4 Å². The number of hydrogen-bond donors (Lipinski definition) is 0. The number of hydrogen-bond acceptors (Lipinski definition) is 2. The van der Waals surface area contributed by atoms with E-state index in [9.17, 15) is 0 Å². The summed E-state index contributed by atoms with van der Waals surface area (Å²) < 4.78 is 7.14. The first-order valence-electron chi connectivity index (χ1n) is 9.34. The molecule has 0 radical (unpaired) electrons. The largest absolute Gasteiger partial charge is 0.493 e. The summed E-state index contributed by atoms with van der Waals surface area (Å²) in [4.78, 5) is 2.54. The lowest BCUT2D eigenvalue weighted by molar-refractivity contribution is 0.265. The van der Waals surface area contributed by atoms with Crippen LogP contribution in [0.15, 0.2) is 53.0 Å². The van der Waals surface area contributed by atoms with Crippen molar-refractivity contribution in [1.29, 1.82) is 0 Å². The van der Waals surface area contributed by atoms with E-state index in [0.717, 1.165) is 41.1 Å². The molecule has 3 heteroatoms. The highest BCUT2D eigenvalue weighted by atomic mass is 79.9. The lowest BCUT2D eigenvalue weighted by Gasteiger charge is -2.15. The zero-order valence-corrected chi connectivity index (χ0v) is 16.4. The summed E-state index contributed by atoms with van der Waals surface area (Å²) in [5.74, 6) is 2.60. The van der Waals surface area contributed by atoms with Gasteiger partial charge in [0.25, 0.3) is 0 Å². The Labute approximate surface area is 159 Å². The van der Waals surface area contributed by atoms with Crippen LogP contribution >= 0.6 is 15.9 Å². The maximum absolute atomic E-state index is 6.01. The minimum absolute atomic E-state index is 0.753. The van der Waals surface area contributed by atoms with Crippen LogP contribution < -0.4 is 4.74 Å². The zero-order valence-electron chi connectivity index (χ0n) is 14.8. The molecule has 0 amide bonds. The molecule has 0 saturated heterocycles. The first kappa shape index (κ1) is 17.1. The van der Waals surface area contributed by atoms with E-state index in [1.54, 1.807) is 0 Å². The van der Waals surface area contributed by atoms with Crippen molar-refractivity contribution in [1.82, 2.24) is 4.90 Å². The molecule has 2 fully saturated rings. The summed E-state index contributed by atoms with van der Waals surface area (Å²) in [5.41, 5.74) is 2.66. The lowest BCUT2D eigenvalue weighted by Crippen LogP contribution is -2.24. The van der Waals surface area contributed by atoms with Gasteiger partial charge in [-0.3, -0.25) is 0 Å². The second-order valence-electron chi connectivity index (χ2n) is 7.68. The van der Waals surface area contributed by atoms with Gasteiger partial charge >= 0.3 is 0 Å². The summed E-state index contributed by atoms with van der Waals surface area (Å²) in [7, 11) is 2.28. The normalized spacial score (nSPS) is 22.2. The fourth-order valence-corrected chi connectivity index (χ4v) is 3.78. The van der Waals surface area contributed by atoms with E-state index in [0.29, 0.717) is 0 Å². The van der Waals surface area contributed by atoms with E-state index in [-0.39, 0.29) is 0 Å². The third-order valence-electron chi connectivity index (χ3n) is 5.47. The van der Waals surface area contributed by atoms with Gasteiger partial charge in [-0.25, -0.2) is 0 Å². The predicted molar refractivity (Wildman–Crippen MR) is 106 cm³/mol. The van der Waals surface area contributed by atoms with E-state index in [1.807, 2.05) is 0 Å². The number of ether oxygens (including phenoxy) is 1. The highest BCUT2D eigenvalue weighted by Gasteiger charge is 2.40. The van der Waals surface area contributed by atoms with Gasteiger partial charge in [-0.05, 0) is 80.0 Å². The quantitative estimate of drug-likeness (QED) is 0.608. The summed E-state index contributed by atoms with van der Waals surface area (Å²) in [6.07, 6.45) is 5.10. The van der Waals surface area contributed by atoms with Gasteiger partial charge < -0.3 is 9.64 Å². The Kier molecular flexibility index (Phi) is 5.14. The Morgan fingerprint density at radius 2 is 1.60 bits per heavy atom. The number of halogens is 1. The zero-order chi connectivity index (χ0) is 17.2. The van der Waals surface area contributed by atoms with Crippen molar-refractivity contribution < 1.29 is 4.74 Å². The molecular weight excluding hydrogens is 374 g/mol. The van der Waals surface area contributed by atoms with E-state index in [4.69, 9.17) is 4.74 Å². The van der Waals surface area contributed by atoms with Gasteiger partial charge in [0.05, 0.1) is 6.61 Å². The van der Waals surface area contributed by atoms with Crippen molar-refractivity contribution in [3.8, 4) is 5.75 Å². The molecule has 2 aliphatic rings. The number of benzene rings is 2. The van der Waals surface area contributed by atoms with Crippen molar-refractivity contribution in [3.63, 3.8) is 0 Å². The topological polar surface area (TPSA) is 12.5 Å². The molecule has 2 nitrogen and oxygen atoms in total. The highest BCUT2D eigenvalue weighted by Crippen LogP contribution is 2.41. The molecule has 0 aliphatic heterocycles. The smallest absolute Gasteiger partial charge is 0.119 e. The number of nitrogens with zero attached hydrogens (tertiary/aromatic N) is 1. The maximum Gasteiger partial charge on any atom is 0.119 e. The number of rotatable bonds is 8. The maximum atomic E-state index is 6.01. The van der Waals surface area contributed by atoms with Crippen molar-refractivity contribution >= 4 is 15.9 Å². The van der Waals surface area contributed by atoms with E-state index < -0.39 is 0 Å². The Balaban J connectivity index is 1.22. The van der Waals surface area contributed by atoms with Crippen molar-refractivity contribution in [2.45, 2.75) is 31.7 Å². The monoisotopic (exact) mass is 399 g/mol. The lowest BCUT2D eigenvalue weighted by atomic mass is 10.1. The van der Waals surface area contributed by atoms with Crippen LogP contribution in [0.3, 0.4) is 0 Å². The molecule has 4 rings (SSSR count). The second kappa shape index (κ2) is 7.51. The van der Waals surface area contributed by atoms with Crippen LogP contribution in [0.4, 0.5) is 0 Å². The van der Waals surface area contributed by atoms with Gasteiger partial charge in [0.15, 0.2) is 0 Å². The summed E-state index contributed by atoms with van der Waals surface area (Å²) in [5, 5.41) is 0. The van der Waals surface area contributed by atoms with Crippen LogP contribution in [0.25, 0.3) is 0 Å². The third-order valence-corrected chi connectivity index (χ3v) is 6.00. The van der Waals surface area contributed by atoms with Crippen LogP contribution in [0.2, 0.25) is 0 Å². The average molecular weight is 400 g/mol. The van der Waals surface area contributed by atoms with E-state index >= 15 is 0 Å². The third kappa shape index (κ3) is 4.86. The van der Waals surface area contributed by atoms with Crippen molar-refractivity contribution in [3.05, 3.63) is 64.1 Å². The molecule has 25 heavy (non-hydrogen) atoms. The van der Waals surface area contributed by atoms with Crippen LogP contribution in [-0.4, -0.2) is 31.1 Å². The first-order valence-corrected chi connectivity index (χ1v) is 10.1. The average Bonchev–Trinajstić information content (AvgIpc) is 3.52. The summed E-state index contributed by atoms with van der Waals surface area (Å²) in [6.45, 7) is 2.13. The molecule has 0 heterocycles. The Morgan fingerprint density at radius 1 is 0.960 bits per heavy atom. The van der Waals surface area contributed by atoms with Gasteiger partial charge in [-0.15, -0.1) is 0 Å². The second-order valence-corrected chi connectivity index (χ2v) is 8.60. The minimum Gasteiger partial charge on any atom is -0.493 e. The van der Waals surface area contributed by atoms with E-state index in [2.05, 4.69) is 76.4 Å².